The highest BCUT2D eigenvalue weighted by Gasteiger charge is 2.96. The van der Waals surface area contributed by atoms with E-state index in [-0.39, 0.29) is 20.8 Å². The summed E-state index contributed by atoms with van der Waals surface area (Å²) in [6.07, 6.45) is -24.7. The number of rotatable bonds is 9. The van der Waals surface area contributed by atoms with Gasteiger partial charge in [-0.25, -0.2) is 0 Å². The number of ether oxygens (including phenoxy) is 1. The van der Waals surface area contributed by atoms with Gasteiger partial charge in [0.25, 0.3) is 0 Å². The SMILES string of the molecule is CC(C)(C)C(F)(F)C(F)(F)C(F)(F)C(F)(F)C(F)(F)C(F)(F)C(F)(F)C(F)(F)OC(F)(C(F)(F)F)C(F)(F)F. The molecule has 0 aliphatic rings. The van der Waals surface area contributed by atoms with Crippen LogP contribution in [0.1, 0.15) is 20.8 Å². The molecule has 0 unspecified atom stereocenters. The van der Waals surface area contributed by atoms with E-state index in [1.54, 1.807) is 0 Å². The van der Waals surface area contributed by atoms with Gasteiger partial charge in [0, 0.05) is 5.41 Å². The Kier molecular flexibility index (Phi) is 8.55. The molecule has 0 spiro atoms. The molecule has 0 bridgehead atoms. The molecule has 0 atom stereocenters. The van der Waals surface area contributed by atoms with Crippen LogP contribution in [0.25, 0.3) is 0 Å². The zero-order chi connectivity index (χ0) is 32.7. The highest BCUT2D eigenvalue weighted by molar-refractivity contribution is 5.16. The highest BCUT2D eigenvalue weighted by atomic mass is 19.4. The lowest BCUT2D eigenvalue weighted by molar-refractivity contribution is -0.528. The molecular formula is C15H9F23O. The summed E-state index contributed by atoms with van der Waals surface area (Å²) in [5.41, 5.74) is -3.67. The zero-order valence-electron chi connectivity index (χ0n) is 18.1. The van der Waals surface area contributed by atoms with Gasteiger partial charge in [-0.2, -0.15) is 101 Å². The molecular weight excluding hydrogens is 633 g/mol. The molecule has 39 heavy (non-hydrogen) atoms. The normalized spacial score (nSPS) is 17.1. The van der Waals surface area contributed by atoms with Crippen LogP contribution in [0, 0.1) is 5.41 Å². The minimum absolute atomic E-state index is 0.168. The Morgan fingerprint density at radius 1 is 0.308 bits per heavy atom. The van der Waals surface area contributed by atoms with E-state index in [2.05, 4.69) is 0 Å². The summed E-state index contributed by atoms with van der Waals surface area (Å²) in [6.45, 7) is -0.505. The Hall–Kier alpha value is -1.65. The van der Waals surface area contributed by atoms with Crippen LogP contribution in [0.4, 0.5) is 101 Å². The minimum Gasteiger partial charge on any atom is -0.262 e. The molecule has 0 fully saturated rings. The lowest BCUT2D eigenvalue weighted by atomic mass is 9.79. The average Bonchev–Trinajstić information content (AvgIpc) is 2.63. The first-order chi connectivity index (χ1) is 16.2. The van der Waals surface area contributed by atoms with Gasteiger partial charge in [-0.3, -0.25) is 4.74 Å². The van der Waals surface area contributed by atoms with Gasteiger partial charge >= 0.3 is 65.8 Å². The van der Waals surface area contributed by atoms with E-state index in [1.807, 2.05) is 0 Å². The fourth-order valence-corrected chi connectivity index (χ4v) is 2.16. The first-order valence-corrected chi connectivity index (χ1v) is 8.75. The van der Waals surface area contributed by atoms with Crippen LogP contribution in [-0.2, 0) is 4.74 Å². The molecule has 0 aliphatic carbocycles. The van der Waals surface area contributed by atoms with Crippen LogP contribution in [0.3, 0.4) is 0 Å². The van der Waals surface area contributed by atoms with Gasteiger partial charge < -0.3 is 0 Å². The highest BCUT2D eigenvalue weighted by Crippen LogP contribution is 2.66. The van der Waals surface area contributed by atoms with Gasteiger partial charge in [-0.15, -0.1) is 0 Å². The molecule has 0 saturated heterocycles. The van der Waals surface area contributed by atoms with Gasteiger partial charge in [-0.05, 0) is 0 Å². The molecule has 0 heterocycles. The lowest BCUT2D eigenvalue weighted by Crippen LogP contribution is -2.76. The summed E-state index contributed by atoms with van der Waals surface area (Å²) in [5, 5.41) is 0. The predicted octanol–water partition coefficient (Wildman–Crippen LogP) is 8.88. The molecule has 0 aliphatic heterocycles. The molecule has 0 radical (unpaired) electrons. The first kappa shape index (κ1) is 37.4. The molecule has 24 heteroatoms. The van der Waals surface area contributed by atoms with E-state index in [9.17, 15) is 101 Å². The monoisotopic (exact) mass is 642 g/mol. The standard InChI is InChI=1S/C15H9F23O/c1-4(2,3)5(16,17)6(18,19)7(20,21)8(22,23)9(24,25)10(26,27)11(28,29)15(37,38)39-12(30,13(31,32)33)14(34,35)36/h1-3H3. The second kappa shape index (κ2) is 8.92. The van der Waals surface area contributed by atoms with Crippen molar-refractivity contribution in [1.29, 1.82) is 0 Å². The van der Waals surface area contributed by atoms with Gasteiger partial charge in [0.1, 0.15) is 0 Å². The minimum atomic E-state index is -9.19. The number of hydrogen-bond donors (Lipinski definition) is 0. The Labute approximate surface area is 199 Å². The van der Waals surface area contributed by atoms with Crippen LogP contribution in [0.2, 0.25) is 0 Å². The van der Waals surface area contributed by atoms with Gasteiger partial charge in [0.2, 0.25) is 0 Å². The van der Waals surface area contributed by atoms with E-state index >= 15 is 0 Å². The van der Waals surface area contributed by atoms with Crippen LogP contribution in [0.5, 0.6) is 0 Å². The van der Waals surface area contributed by atoms with E-state index in [0.717, 1.165) is 4.74 Å². The molecule has 0 N–H and O–H groups in total. The van der Waals surface area contributed by atoms with Crippen molar-refractivity contribution >= 4 is 0 Å². The molecule has 236 valence electrons. The maximum absolute atomic E-state index is 13.7. The molecule has 0 saturated carbocycles. The third-order valence-corrected chi connectivity index (χ3v) is 4.67. The molecule has 0 amide bonds. The smallest absolute Gasteiger partial charge is 0.262 e. The summed E-state index contributed by atoms with van der Waals surface area (Å²) in [5.74, 6) is -67.8. The number of alkyl halides is 23. The van der Waals surface area contributed by atoms with E-state index in [4.69, 9.17) is 0 Å². The largest absolute Gasteiger partial charge is 0.458 e. The van der Waals surface area contributed by atoms with Crippen molar-refractivity contribution < 1.29 is 106 Å². The van der Waals surface area contributed by atoms with Crippen molar-refractivity contribution in [3.63, 3.8) is 0 Å². The van der Waals surface area contributed by atoms with Gasteiger partial charge in [-0.1, -0.05) is 20.8 Å². The average molecular weight is 642 g/mol. The van der Waals surface area contributed by atoms with Crippen molar-refractivity contribution in [2.45, 2.75) is 86.5 Å². The third kappa shape index (κ3) is 4.82. The number of hydrogen-bond acceptors (Lipinski definition) is 1. The Balaban J connectivity index is 7.16. The van der Waals surface area contributed by atoms with Crippen molar-refractivity contribution in [2.24, 2.45) is 5.41 Å². The molecule has 0 aromatic rings. The van der Waals surface area contributed by atoms with E-state index in [1.165, 1.54) is 0 Å². The molecule has 1 nitrogen and oxygen atoms in total. The Morgan fingerprint density at radius 3 is 0.718 bits per heavy atom. The maximum Gasteiger partial charge on any atom is 0.458 e. The van der Waals surface area contributed by atoms with Crippen molar-refractivity contribution in [3.05, 3.63) is 0 Å². The van der Waals surface area contributed by atoms with E-state index < -0.39 is 71.2 Å². The summed E-state index contributed by atoms with van der Waals surface area (Å²) in [6, 6.07) is 0. The topological polar surface area (TPSA) is 9.23 Å². The maximum atomic E-state index is 13.7. The molecule has 0 aromatic heterocycles. The lowest BCUT2D eigenvalue weighted by Gasteiger charge is -2.45. The number of halogens is 23. The first-order valence-electron chi connectivity index (χ1n) is 8.75. The van der Waals surface area contributed by atoms with E-state index in [0.29, 0.717) is 0 Å². The second-order valence-electron chi connectivity index (χ2n) is 8.48. The summed E-state index contributed by atoms with van der Waals surface area (Å²) in [7, 11) is 0. The fourth-order valence-electron chi connectivity index (χ4n) is 2.16. The van der Waals surface area contributed by atoms with Crippen molar-refractivity contribution in [3.8, 4) is 0 Å². The zero-order valence-corrected chi connectivity index (χ0v) is 18.1. The second-order valence-corrected chi connectivity index (χ2v) is 8.48. The van der Waals surface area contributed by atoms with Crippen molar-refractivity contribution in [2.75, 3.05) is 0 Å². The van der Waals surface area contributed by atoms with Crippen LogP contribution >= 0.6 is 0 Å². The molecule has 0 rings (SSSR count). The van der Waals surface area contributed by atoms with Crippen LogP contribution in [0.15, 0.2) is 0 Å². The summed E-state index contributed by atoms with van der Waals surface area (Å²) in [4.78, 5) is 0. The summed E-state index contributed by atoms with van der Waals surface area (Å²) >= 11 is 0. The van der Waals surface area contributed by atoms with Crippen LogP contribution in [-0.4, -0.2) is 65.8 Å². The Morgan fingerprint density at radius 2 is 0.513 bits per heavy atom. The Bertz CT molecular complexity index is 871. The third-order valence-electron chi connectivity index (χ3n) is 4.67. The van der Waals surface area contributed by atoms with Crippen LogP contribution < -0.4 is 0 Å². The van der Waals surface area contributed by atoms with Crippen molar-refractivity contribution in [1.82, 2.24) is 0 Å². The fraction of sp³-hybridized carbons (Fsp3) is 1.00. The summed E-state index contributed by atoms with van der Waals surface area (Å²) < 4.78 is 305. The quantitative estimate of drug-likeness (QED) is 0.229. The molecule has 0 aromatic carbocycles. The van der Waals surface area contributed by atoms with Gasteiger partial charge in [0.05, 0.1) is 0 Å². The van der Waals surface area contributed by atoms with Gasteiger partial charge in [0.15, 0.2) is 0 Å². The predicted molar refractivity (Wildman–Crippen MR) is 76.1 cm³/mol.